The summed E-state index contributed by atoms with van der Waals surface area (Å²) in [6.45, 7) is 6.51. The maximum absolute atomic E-state index is 12.9. The van der Waals surface area contributed by atoms with E-state index in [1.54, 1.807) is 0 Å². The maximum Gasteiger partial charge on any atom is 0.306 e. The smallest absolute Gasteiger partial charge is 0.306 e. The van der Waals surface area contributed by atoms with Crippen LogP contribution in [0, 0.1) is 0 Å². The first-order valence-corrected chi connectivity index (χ1v) is 31.7. The highest BCUT2D eigenvalue weighted by molar-refractivity contribution is 5.71. The number of hydrogen-bond donors (Lipinski definition) is 0. The summed E-state index contributed by atoms with van der Waals surface area (Å²) in [5.74, 6) is -0.916. The molecule has 0 radical (unpaired) electrons. The second-order valence-corrected chi connectivity index (χ2v) is 20.9. The molecule has 0 aliphatic carbocycles. The van der Waals surface area contributed by atoms with Crippen molar-refractivity contribution in [2.24, 2.45) is 0 Å². The number of rotatable bonds is 57. The van der Waals surface area contributed by atoms with Crippen molar-refractivity contribution in [3.05, 3.63) is 97.2 Å². The molecule has 0 bridgehead atoms. The van der Waals surface area contributed by atoms with Gasteiger partial charge in [0.15, 0.2) is 6.10 Å². The molecule has 0 spiro atoms. The van der Waals surface area contributed by atoms with E-state index in [0.29, 0.717) is 19.3 Å². The molecular formula is C69H118O6. The van der Waals surface area contributed by atoms with Gasteiger partial charge in [-0.25, -0.2) is 0 Å². The monoisotopic (exact) mass is 1040 g/mol. The van der Waals surface area contributed by atoms with Gasteiger partial charge >= 0.3 is 17.9 Å². The predicted octanol–water partition coefficient (Wildman–Crippen LogP) is 21.7. The van der Waals surface area contributed by atoms with Crippen molar-refractivity contribution in [3.63, 3.8) is 0 Å². The third-order valence-corrected chi connectivity index (χ3v) is 13.5. The highest BCUT2D eigenvalue weighted by Gasteiger charge is 2.19. The van der Waals surface area contributed by atoms with Crippen molar-refractivity contribution >= 4 is 17.9 Å². The van der Waals surface area contributed by atoms with Gasteiger partial charge in [-0.3, -0.25) is 14.4 Å². The van der Waals surface area contributed by atoms with Gasteiger partial charge in [-0.15, -0.1) is 0 Å². The van der Waals surface area contributed by atoms with Crippen LogP contribution in [0.3, 0.4) is 0 Å². The fourth-order valence-corrected chi connectivity index (χ4v) is 8.79. The topological polar surface area (TPSA) is 78.9 Å². The van der Waals surface area contributed by atoms with Gasteiger partial charge in [0.1, 0.15) is 13.2 Å². The molecule has 1 atom stereocenters. The van der Waals surface area contributed by atoms with Crippen LogP contribution in [0.25, 0.3) is 0 Å². The van der Waals surface area contributed by atoms with Gasteiger partial charge in [0.05, 0.1) is 0 Å². The number of hydrogen-bond acceptors (Lipinski definition) is 6. The molecule has 0 aliphatic rings. The minimum atomic E-state index is -0.795. The molecule has 0 N–H and O–H groups in total. The van der Waals surface area contributed by atoms with Crippen LogP contribution >= 0.6 is 0 Å². The van der Waals surface area contributed by atoms with Gasteiger partial charge in [-0.1, -0.05) is 259 Å². The van der Waals surface area contributed by atoms with Crippen LogP contribution in [0.15, 0.2) is 97.2 Å². The van der Waals surface area contributed by atoms with Crippen molar-refractivity contribution in [2.75, 3.05) is 13.2 Å². The van der Waals surface area contributed by atoms with E-state index < -0.39 is 6.10 Å². The van der Waals surface area contributed by atoms with Crippen LogP contribution < -0.4 is 0 Å². The van der Waals surface area contributed by atoms with Crippen molar-refractivity contribution in [2.45, 2.75) is 309 Å². The summed E-state index contributed by atoms with van der Waals surface area (Å²) in [5.41, 5.74) is 0. The standard InChI is InChI=1S/C69H118O6/c1-4-7-10-13-16-19-22-25-28-30-32-33-34-35-37-38-41-44-47-50-53-56-59-62-68(71)74-65-66(64-73-67(70)61-58-55-52-49-46-43-40-27-24-21-18-15-12-9-6-3)75-69(72)63-60-57-54-51-48-45-42-39-36-31-29-26-23-20-17-14-11-8-5-2/h7,10,16,19,25-29,32-33,35,37,40-41,44,66H,4-6,8-9,11-15,17-18,20-24,30-31,34,36,38-39,42-43,45-65H2,1-3H3/b10-7-,19-16-,28-25-,29-26-,33-32-,37-35-,40-27-,44-41-. The molecule has 0 saturated carbocycles. The lowest BCUT2D eigenvalue weighted by Crippen LogP contribution is -2.30. The fraction of sp³-hybridized carbons (Fsp3) is 0.725. The van der Waals surface area contributed by atoms with Crippen molar-refractivity contribution in [1.82, 2.24) is 0 Å². The van der Waals surface area contributed by atoms with Crippen molar-refractivity contribution in [3.8, 4) is 0 Å². The molecule has 6 nitrogen and oxygen atoms in total. The van der Waals surface area contributed by atoms with Crippen molar-refractivity contribution in [1.29, 1.82) is 0 Å². The summed E-state index contributed by atoms with van der Waals surface area (Å²) >= 11 is 0. The zero-order chi connectivity index (χ0) is 54.3. The number of esters is 3. The number of ether oxygens (including phenoxy) is 3. The summed E-state index contributed by atoms with van der Waals surface area (Å²) in [4.78, 5) is 38.3. The lowest BCUT2D eigenvalue weighted by atomic mass is 10.1. The molecule has 75 heavy (non-hydrogen) atoms. The lowest BCUT2D eigenvalue weighted by Gasteiger charge is -2.18. The highest BCUT2D eigenvalue weighted by atomic mass is 16.6. The van der Waals surface area contributed by atoms with Gasteiger partial charge < -0.3 is 14.2 Å². The van der Waals surface area contributed by atoms with Gasteiger partial charge in [-0.05, 0) is 122 Å². The average molecular weight is 1040 g/mol. The van der Waals surface area contributed by atoms with Crippen LogP contribution in [-0.2, 0) is 28.6 Å². The molecular weight excluding hydrogens is 925 g/mol. The first-order valence-electron chi connectivity index (χ1n) is 31.7. The minimum Gasteiger partial charge on any atom is -0.462 e. The fourth-order valence-electron chi connectivity index (χ4n) is 8.79. The number of unbranched alkanes of at least 4 members (excludes halogenated alkanes) is 30. The van der Waals surface area contributed by atoms with Crippen LogP contribution in [0.4, 0.5) is 0 Å². The second-order valence-electron chi connectivity index (χ2n) is 20.9. The van der Waals surface area contributed by atoms with Crippen LogP contribution in [0.2, 0.25) is 0 Å². The Labute approximate surface area is 464 Å². The van der Waals surface area contributed by atoms with E-state index in [1.165, 1.54) is 148 Å². The summed E-state index contributed by atoms with van der Waals surface area (Å²) in [5, 5.41) is 0. The number of carbonyl (C=O) groups excluding carboxylic acids is 3. The molecule has 0 heterocycles. The Balaban J connectivity index is 4.43. The molecule has 0 aromatic rings. The Morgan fingerprint density at radius 1 is 0.280 bits per heavy atom. The summed E-state index contributed by atoms with van der Waals surface area (Å²) in [7, 11) is 0. The third-order valence-electron chi connectivity index (χ3n) is 13.5. The molecule has 0 fully saturated rings. The average Bonchev–Trinajstić information content (AvgIpc) is 3.41. The Bertz CT molecular complexity index is 1480. The molecule has 6 heteroatoms. The van der Waals surface area contributed by atoms with E-state index in [9.17, 15) is 14.4 Å². The van der Waals surface area contributed by atoms with Crippen LogP contribution in [-0.4, -0.2) is 37.2 Å². The zero-order valence-electron chi connectivity index (χ0n) is 49.3. The normalized spacial score (nSPS) is 12.7. The van der Waals surface area contributed by atoms with Crippen molar-refractivity contribution < 1.29 is 28.6 Å². The lowest BCUT2D eigenvalue weighted by molar-refractivity contribution is -0.167. The Hall–Kier alpha value is -3.67. The molecule has 0 rings (SSSR count). The Morgan fingerprint density at radius 2 is 0.520 bits per heavy atom. The minimum absolute atomic E-state index is 0.0903. The molecule has 0 aromatic heterocycles. The summed E-state index contributed by atoms with van der Waals surface area (Å²) in [6, 6.07) is 0. The molecule has 0 aromatic carbocycles. The molecule has 0 amide bonds. The van der Waals surface area contributed by atoms with E-state index in [-0.39, 0.29) is 31.1 Å². The van der Waals surface area contributed by atoms with Crippen LogP contribution in [0.5, 0.6) is 0 Å². The Morgan fingerprint density at radius 3 is 0.827 bits per heavy atom. The molecule has 430 valence electrons. The Kier molecular flexibility index (Phi) is 59.8. The first kappa shape index (κ1) is 71.3. The van der Waals surface area contributed by atoms with E-state index in [1.807, 2.05) is 0 Å². The molecule has 1 unspecified atom stereocenters. The first-order chi connectivity index (χ1) is 37.0. The SMILES string of the molecule is CC/C=C\C/C=C\C/C=C\C/C=C\C/C=C\C/C=C\CCCCCCC(=O)OCC(COC(=O)CCCCCCC/C=C\CCCCCCCC)OC(=O)CCCCCCCCCCC/C=C\CCCCCCCC. The van der Waals surface area contributed by atoms with E-state index in [4.69, 9.17) is 14.2 Å². The molecule has 0 aliphatic heterocycles. The third kappa shape index (κ3) is 61.1. The molecule has 0 saturated heterocycles. The second kappa shape index (κ2) is 62.9. The quantitative estimate of drug-likeness (QED) is 0.0261. The maximum atomic E-state index is 12.9. The largest absolute Gasteiger partial charge is 0.462 e. The highest BCUT2D eigenvalue weighted by Crippen LogP contribution is 2.15. The number of allylic oxidation sites excluding steroid dienone is 16. The predicted molar refractivity (Wildman–Crippen MR) is 325 cm³/mol. The van der Waals surface area contributed by atoms with E-state index >= 15 is 0 Å². The van der Waals surface area contributed by atoms with Crippen LogP contribution in [0.1, 0.15) is 303 Å². The van der Waals surface area contributed by atoms with E-state index in [0.717, 1.165) is 116 Å². The zero-order valence-corrected chi connectivity index (χ0v) is 49.3. The van der Waals surface area contributed by atoms with Gasteiger partial charge in [0, 0.05) is 19.3 Å². The number of carbonyl (C=O) groups is 3. The van der Waals surface area contributed by atoms with E-state index in [2.05, 4.69) is 118 Å². The van der Waals surface area contributed by atoms with Gasteiger partial charge in [0.25, 0.3) is 0 Å². The van der Waals surface area contributed by atoms with Gasteiger partial charge in [-0.2, -0.15) is 0 Å². The van der Waals surface area contributed by atoms with Gasteiger partial charge in [0.2, 0.25) is 0 Å². The summed E-state index contributed by atoms with van der Waals surface area (Å²) < 4.78 is 16.9. The summed E-state index contributed by atoms with van der Waals surface area (Å²) in [6.07, 6.45) is 84.0.